The Morgan fingerprint density at radius 1 is 1.33 bits per heavy atom. The third-order valence-corrected chi connectivity index (χ3v) is 2.93. The van der Waals surface area contributed by atoms with Crippen molar-refractivity contribution in [2.75, 3.05) is 5.73 Å². The van der Waals surface area contributed by atoms with E-state index in [1.165, 1.54) is 6.07 Å². The van der Waals surface area contributed by atoms with Crippen LogP contribution < -0.4 is 10.9 Å². The van der Waals surface area contributed by atoms with Crippen LogP contribution in [-0.4, -0.2) is 8.42 Å². The first-order valence-electron chi connectivity index (χ1n) is 2.99. The molecule has 0 unspecified atom stereocenters. The molecule has 0 bridgehead atoms. The lowest BCUT2D eigenvalue weighted by molar-refractivity contribution is 0.598. The second-order valence-corrected chi connectivity index (χ2v) is 5.00. The molecule has 1 aromatic rings. The molecule has 66 valence electrons. The first-order valence-corrected chi connectivity index (χ1v) is 5.61. The summed E-state index contributed by atoms with van der Waals surface area (Å²) in [4.78, 5) is -0.0251. The summed E-state index contributed by atoms with van der Waals surface area (Å²) in [5.41, 5.74) is 5.63. The SMILES string of the molecule is Nc1cc(I)ccc1S(N)(=O)=O. The van der Waals surface area contributed by atoms with Crippen molar-refractivity contribution in [1.82, 2.24) is 0 Å². The minimum Gasteiger partial charge on any atom is -0.398 e. The Hall–Kier alpha value is -0.340. The zero-order valence-electron chi connectivity index (χ0n) is 5.99. The molecule has 6 heteroatoms. The van der Waals surface area contributed by atoms with E-state index in [4.69, 9.17) is 10.9 Å². The van der Waals surface area contributed by atoms with Gasteiger partial charge in [0.25, 0.3) is 0 Å². The summed E-state index contributed by atoms with van der Waals surface area (Å²) in [5.74, 6) is 0. The average molecular weight is 298 g/mol. The van der Waals surface area contributed by atoms with Gasteiger partial charge in [-0.3, -0.25) is 0 Å². The van der Waals surface area contributed by atoms with Crippen LogP contribution in [-0.2, 0) is 10.0 Å². The largest absolute Gasteiger partial charge is 0.398 e. The molecule has 0 atom stereocenters. The summed E-state index contributed by atoms with van der Waals surface area (Å²) in [6.07, 6.45) is 0. The quantitative estimate of drug-likeness (QED) is 0.585. The van der Waals surface area contributed by atoms with Crippen LogP contribution in [0.4, 0.5) is 5.69 Å². The number of sulfonamides is 1. The van der Waals surface area contributed by atoms with Gasteiger partial charge in [-0.05, 0) is 40.8 Å². The molecule has 0 aromatic heterocycles. The van der Waals surface area contributed by atoms with E-state index in [1.54, 1.807) is 12.1 Å². The fourth-order valence-electron chi connectivity index (χ4n) is 0.778. The minimum absolute atomic E-state index is 0.0251. The molecule has 0 aliphatic rings. The van der Waals surface area contributed by atoms with E-state index < -0.39 is 10.0 Å². The highest BCUT2D eigenvalue weighted by molar-refractivity contribution is 14.1. The number of nitrogens with two attached hydrogens (primary N) is 2. The predicted molar refractivity (Wildman–Crippen MR) is 54.9 cm³/mol. The van der Waals surface area contributed by atoms with Gasteiger partial charge in [-0.2, -0.15) is 0 Å². The van der Waals surface area contributed by atoms with Gasteiger partial charge < -0.3 is 5.73 Å². The van der Waals surface area contributed by atoms with Crippen LogP contribution in [0.5, 0.6) is 0 Å². The van der Waals surface area contributed by atoms with Crippen LogP contribution in [0, 0.1) is 3.57 Å². The van der Waals surface area contributed by atoms with Gasteiger partial charge in [0, 0.05) is 3.57 Å². The Kier molecular flexibility index (Phi) is 2.59. The van der Waals surface area contributed by atoms with E-state index in [9.17, 15) is 8.42 Å². The molecule has 0 fully saturated rings. The van der Waals surface area contributed by atoms with Crippen LogP contribution in [0.25, 0.3) is 0 Å². The van der Waals surface area contributed by atoms with E-state index in [0.717, 1.165) is 3.57 Å². The number of rotatable bonds is 1. The molecule has 4 nitrogen and oxygen atoms in total. The van der Waals surface area contributed by atoms with Crippen LogP contribution >= 0.6 is 22.6 Å². The number of nitrogen functional groups attached to an aromatic ring is 1. The second-order valence-electron chi connectivity index (χ2n) is 2.23. The van der Waals surface area contributed by atoms with Gasteiger partial charge in [0.05, 0.1) is 5.69 Å². The molecule has 0 aliphatic heterocycles. The normalized spacial score (nSPS) is 11.5. The molecular weight excluding hydrogens is 291 g/mol. The average Bonchev–Trinajstić information content (AvgIpc) is 1.83. The first kappa shape index (κ1) is 9.75. The standard InChI is InChI=1S/C6H7IN2O2S/c7-4-1-2-6(5(8)3-4)12(9,10)11/h1-3H,8H2,(H2,9,10,11). The summed E-state index contributed by atoms with van der Waals surface area (Å²) in [7, 11) is -3.68. The smallest absolute Gasteiger partial charge is 0.240 e. The lowest BCUT2D eigenvalue weighted by Crippen LogP contribution is -2.14. The van der Waals surface area contributed by atoms with E-state index in [2.05, 4.69) is 0 Å². The first-order chi connectivity index (χ1) is 5.41. The maximum atomic E-state index is 10.9. The zero-order chi connectivity index (χ0) is 9.35. The Morgan fingerprint density at radius 2 is 1.92 bits per heavy atom. The fraction of sp³-hybridized carbons (Fsp3) is 0. The number of hydrogen-bond donors (Lipinski definition) is 2. The monoisotopic (exact) mass is 298 g/mol. The van der Waals surface area contributed by atoms with Crippen LogP contribution in [0.1, 0.15) is 0 Å². The van der Waals surface area contributed by atoms with Gasteiger partial charge in [0.2, 0.25) is 10.0 Å². The maximum Gasteiger partial charge on any atom is 0.240 e. The van der Waals surface area contributed by atoms with E-state index in [-0.39, 0.29) is 10.6 Å². The molecule has 1 rings (SSSR count). The van der Waals surface area contributed by atoms with Crippen LogP contribution in [0.3, 0.4) is 0 Å². The Bertz CT molecular complexity index is 402. The summed E-state index contributed by atoms with van der Waals surface area (Å²) >= 11 is 2.03. The van der Waals surface area contributed by atoms with Gasteiger partial charge >= 0.3 is 0 Å². The van der Waals surface area contributed by atoms with Crippen molar-refractivity contribution in [3.8, 4) is 0 Å². The van der Waals surface area contributed by atoms with E-state index >= 15 is 0 Å². The third kappa shape index (κ3) is 2.08. The van der Waals surface area contributed by atoms with Gasteiger partial charge in [0.1, 0.15) is 4.90 Å². The summed E-state index contributed by atoms with van der Waals surface area (Å²) in [5, 5.41) is 4.90. The molecule has 0 spiro atoms. The van der Waals surface area contributed by atoms with Crippen molar-refractivity contribution in [3.05, 3.63) is 21.8 Å². The molecule has 0 heterocycles. The van der Waals surface area contributed by atoms with Crippen LogP contribution in [0.15, 0.2) is 23.1 Å². The maximum absolute atomic E-state index is 10.9. The van der Waals surface area contributed by atoms with Gasteiger partial charge in [-0.1, -0.05) is 0 Å². The summed E-state index contributed by atoms with van der Waals surface area (Å²) in [6.45, 7) is 0. The highest BCUT2D eigenvalue weighted by Gasteiger charge is 2.11. The molecule has 1 aromatic carbocycles. The molecule has 0 amide bonds. The molecule has 4 N–H and O–H groups in total. The molecule has 0 radical (unpaired) electrons. The molecule has 12 heavy (non-hydrogen) atoms. The molecule has 0 saturated carbocycles. The van der Waals surface area contributed by atoms with Crippen molar-refractivity contribution in [1.29, 1.82) is 0 Å². The highest BCUT2D eigenvalue weighted by Crippen LogP contribution is 2.18. The van der Waals surface area contributed by atoms with E-state index in [1.807, 2.05) is 22.6 Å². The lowest BCUT2D eigenvalue weighted by atomic mass is 10.3. The van der Waals surface area contributed by atoms with Gasteiger partial charge in [0.15, 0.2) is 0 Å². The lowest BCUT2D eigenvalue weighted by Gasteiger charge is -2.02. The van der Waals surface area contributed by atoms with Gasteiger partial charge in [-0.15, -0.1) is 0 Å². The van der Waals surface area contributed by atoms with Crippen molar-refractivity contribution < 1.29 is 8.42 Å². The number of anilines is 1. The number of hydrogen-bond acceptors (Lipinski definition) is 3. The minimum atomic E-state index is -3.68. The number of benzene rings is 1. The van der Waals surface area contributed by atoms with Crippen molar-refractivity contribution in [2.24, 2.45) is 5.14 Å². The third-order valence-electron chi connectivity index (χ3n) is 1.28. The summed E-state index contributed by atoms with van der Waals surface area (Å²) in [6, 6.07) is 4.59. The molecule has 0 aliphatic carbocycles. The Morgan fingerprint density at radius 3 is 2.33 bits per heavy atom. The molecule has 0 saturated heterocycles. The topological polar surface area (TPSA) is 86.2 Å². The Balaban J connectivity index is 3.39. The Labute approximate surface area is 84.1 Å². The zero-order valence-corrected chi connectivity index (χ0v) is 8.96. The van der Waals surface area contributed by atoms with E-state index in [0.29, 0.717) is 0 Å². The predicted octanol–water partition coefficient (Wildman–Crippen LogP) is 0.521. The molecular formula is C6H7IN2O2S. The summed E-state index contributed by atoms with van der Waals surface area (Å²) < 4.78 is 22.6. The number of halogens is 1. The van der Waals surface area contributed by atoms with Crippen molar-refractivity contribution in [2.45, 2.75) is 4.90 Å². The van der Waals surface area contributed by atoms with Crippen LogP contribution in [0.2, 0.25) is 0 Å². The van der Waals surface area contributed by atoms with Crippen molar-refractivity contribution in [3.63, 3.8) is 0 Å². The highest BCUT2D eigenvalue weighted by atomic mass is 127. The number of primary sulfonamides is 1. The van der Waals surface area contributed by atoms with Gasteiger partial charge in [-0.25, -0.2) is 13.6 Å². The fourth-order valence-corrected chi connectivity index (χ4v) is 1.94. The second kappa shape index (κ2) is 3.19. The van der Waals surface area contributed by atoms with Crippen molar-refractivity contribution >= 4 is 38.3 Å².